The number of fused-ring (bicyclic) bond motifs is 2. The lowest BCUT2D eigenvalue weighted by Crippen LogP contribution is -2.62. The Balaban J connectivity index is 1.22. The van der Waals surface area contributed by atoms with Gasteiger partial charge in [-0.2, -0.15) is 0 Å². The van der Waals surface area contributed by atoms with E-state index in [1.54, 1.807) is 6.26 Å². The van der Waals surface area contributed by atoms with Crippen LogP contribution in [0.3, 0.4) is 0 Å². The van der Waals surface area contributed by atoms with Crippen molar-refractivity contribution in [1.29, 1.82) is 0 Å². The van der Waals surface area contributed by atoms with E-state index in [1.807, 2.05) is 59.5 Å². The molecule has 1 aliphatic heterocycles. The van der Waals surface area contributed by atoms with Crippen LogP contribution in [0.25, 0.3) is 0 Å². The third-order valence-corrected chi connectivity index (χ3v) is 10.1. The molecule has 2 aliphatic carbocycles. The maximum Gasteiger partial charge on any atom is 0.250 e. The molecule has 1 saturated heterocycles. The number of carbonyl (C=O) groups excluding carboxylic acids is 2. The molecule has 7 rings (SSSR count). The fourth-order valence-corrected chi connectivity index (χ4v) is 7.69. The molecule has 0 unspecified atom stereocenters. The first-order valence-electron chi connectivity index (χ1n) is 16.3. The molecule has 7 nitrogen and oxygen atoms in total. The molecule has 4 aromatic rings. The van der Waals surface area contributed by atoms with E-state index in [2.05, 4.69) is 46.6 Å². The summed E-state index contributed by atoms with van der Waals surface area (Å²) in [7, 11) is 0. The number of hydrogen-bond donors (Lipinski definition) is 1. The van der Waals surface area contributed by atoms with E-state index in [0.29, 0.717) is 30.4 Å². The molecule has 1 N–H and O–H groups in total. The molecule has 2 fully saturated rings. The van der Waals surface area contributed by atoms with Gasteiger partial charge in [-0.3, -0.25) is 9.59 Å². The number of furan rings is 1. The largest absolute Gasteiger partial charge is 0.467 e. The molecule has 45 heavy (non-hydrogen) atoms. The zero-order chi connectivity index (χ0) is 30.6. The van der Waals surface area contributed by atoms with Gasteiger partial charge in [-0.05, 0) is 97.0 Å². The van der Waals surface area contributed by atoms with Gasteiger partial charge in [0.1, 0.15) is 11.3 Å². The lowest BCUT2D eigenvalue weighted by atomic mass is 9.62. The molecule has 0 radical (unpaired) electrons. The minimum atomic E-state index is -1.02. The zero-order valence-electron chi connectivity index (χ0n) is 25.7. The normalized spacial score (nSPS) is 22.6. The maximum absolute atomic E-state index is 14.8. The van der Waals surface area contributed by atoms with Crippen molar-refractivity contribution >= 4 is 23.2 Å². The second kappa shape index (κ2) is 12.9. The Bertz CT molecular complexity index is 1600. The quantitative estimate of drug-likeness (QED) is 0.257. The first-order chi connectivity index (χ1) is 22.1. The lowest BCUT2D eigenvalue weighted by Gasteiger charge is -2.50. The Morgan fingerprint density at radius 2 is 1.56 bits per heavy atom. The number of amides is 2. The van der Waals surface area contributed by atoms with Gasteiger partial charge in [-0.25, -0.2) is 0 Å². The number of rotatable bonds is 8. The van der Waals surface area contributed by atoms with Gasteiger partial charge in [0, 0.05) is 24.5 Å². The standard InChI is InChI=1S/C38H41N3O4/c42-36(23-28-7-2-1-3-8-28)41(27-35-11-6-20-45-35)38(17-16-31-24-29-9-4-5-10-30(29)25-32(31)26-38)37(43)39-33-12-14-34(15-13-33)40-18-21-44-22-19-40/h1-15,20,31-32H,16-19,21-27H2,(H,39,43)/t31-,32+,38+/m0/s1. The van der Waals surface area contributed by atoms with Crippen molar-refractivity contribution in [2.24, 2.45) is 11.8 Å². The highest BCUT2D eigenvalue weighted by atomic mass is 16.5. The van der Waals surface area contributed by atoms with Gasteiger partial charge in [0.25, 0.3) is 0 Å². The van der Waals surface area contributed by atoms with Gasteiger partial charge in [0.15, 0.2) is 0 Å². The second-order valence-electron chi connectivity index (χ2n) is 12.8. The predicted octanol–water partition coefficient (Wildman–Crippen LogP) is 6.28. The van der Waals surface area contributed by atoms with Gasteiger partial charge >= 0.3 is 0 Å². The van der Waals surface area contributed by atoms with Crippen molar-refractivity contribution in [2.75, 3.05) is 36.5 Å². The summed E-state index contributed by atoms with van der Waals surface area (Å²) in [6.45, 7) is 3.39. The zero-order valence-corrected chi connectivity index (χ0v) is 25.7. The van der Waals surface area contributed by atoms with Crippen LogP contribution in [0, 0.1) is 11.8 Å². The van der Waals surface area contributed by atoms with Crippen molar-refractivity contribution in [2.45, 2.75) is 50.6 Å². The van der Waals surface area contributed by atoms with Crippen LogP contribution in [0.5, 0.6) is 0 Å². The lowest BCUT2D eigenvalue weighted by molar-refractivity contribution is -0.151. The number of carbonyl (C=O) groups is 2. The molecule has 2 amide bonds. The van der Waals surface area contributed by atoms with Crippen LogP contribution in [0.2, 0.25) is 0 Å². The van der Waals surface area contributed by atoms with Crippen molar-refractivity contribution in [3.8, 4) is 0 Å². The molecular formula is C38H41N3O4. The third kappa shape index (κ3) is 6.27. The van der Waals surface area contributed by atoms with Gasteiger partial charge in [0.2, 0.25) is 11.8 Å². The summed E-state index contributed by atoms with van der Waals surface area (Å²) in [6.07, 6.45) is 5.91. The summed E-state index contributed by atoms with van der Waals surface area (Å²) in [5.41, 5.74) is 4.55. The number of nitrogens with one attached hydrogen (secondary N) is 1. The Morgan fingerprint density at radius 3 is 2.27 bits per heavy atom. The first kappa shape index (κ1) is 29.4. The molecule has 3 aromatic carbocycles. The van der Waals surface area contributed by atoms with Gasteiger partial charge < -0.3 is 24.3 Å². The molecule has 3 aliphatic rings. The highest BCUT2D eigenvalue weighted by molar-refractivity contribution is 6.01. The average molecular weight is 604 g/mol. The molecule has 232 valence electrons. The summed E-state index contributed by atoms with van der Waals surface area (Å²) in [5.74, 6) is 1.28. The van der Waals surface area contributed by atoms with E-state index < -0.39 is 5.54 Å². The summed E-state index contributed by atoms with van der Waals surface area (Å²) < 4.78 is 11.3. The maximum atomic E-state index is 14.8. The summed E-state index contributed by atoms with van der Waals surface area (Å²) in [4.78, 5) is 33.3. The van der Waals surface area contributed by atoms with Gasteiger partial charge in [0.05, 0.1) is 32.4 Å². The summed E-state index contributed by atoms with van der Waals surface area (Å²) >= 11 is 0. The highest BCUT2D eigenvalue weighted by Crippen LogP contribution is 2.47. The minimum Gasteiger partial charge on any atom is -0.467 e. The van der Waals surface area contributed by atoms with E-state index in [9.17, 15) is 9.59 Å². The van der Waals surface area contributed by atoms with Crippen molar-refractivity contribution in [3.05, 3.63) is 120 Å². The minimum absolute atomic E-state index is 0.0647. The van der Waals surface area contributed by atoms with Crippen molar-refractivity contribution < 1.29 is 18.7 Å². The Kier molecular flexibility index (Phi) is 8.44. The Labute approximate surface area is 265 Å². The van der Waals surface area contributed by atoms with Gasteiger partial charge in [-0.15, -0.1) is 0 Å². The summed E-state index contributed by atoms with van der Waals surface area (Å²) in [6, 6.07) is 30.3. The predicted molar refractivity (Wildman–Crippen MR) is 175 cm³/mol. The van der Waals surface area contributed by atoms with Crippen LogP contribution in [0.15, 0.2) is 102 Å². The van der Waals surface area contributed by atoms with Gasteiger partial charge in [-0.1, -0.05) is 54.6 Å². The fourth-order valence-electron chi connectivity index (χ4n) is 7.69. The number of benzene rings is 3. The monoisotopic (exact) mass is 603 g/mol. The SMILES string of the molecule is O=C(Cc1ccccc1)N(Cc1ccco1)[C@]1(C(=O)Nc2ccc(N3CCOCC3)cc2)CC[C@H]2Cc3ccccc3C[C@@H]2C1. The Morgan fingerprint density at radius 1 is 0.844 bits per heavy atom. The molecule has 1 aromatic heterocycles. The molecule has 7 heteroatoms. The van der Waals surface area contributed by atoms with Crippen LogP contribution in [0.4, 0.5) is 11.4 Å². The van der Waals surface area contributed by atoms with Crippen LogP contribution >= 0.6 is 0 Å². The number of ether oxygens (including phenoxy) is 1. The third-order valence-electron chi connectivity index (χ3n) is 10.1. The van der Waals surface area contributed by atoms with E-state index in [-0.39, 0.29) is 24.8 Å². The number of anilines is 2. The van der Waals surface area contributed by atoms with Crippen LogP contribution in [0.1, 0.15) is 41.7 Å². The fraction of sp³-hybridized carbons (Fsp3) is 0.368. The van der Waals surface area contributed by atoms with Crippen LogP contribution in [-0.2, 0) is 40.1 Å². The number of morpholine rings is 1. The van der Waals surface area contributed by atoms with E-state index in [4.69, 9.17) is 9.15 Å². The first-order valence-corrected chi connectivity index (χ1v) is 16.3. The second-order valence-corrected chi connectivity index (χ2v) is 12.8. The topological polar surface area (TPSA) is 75.0 Å². The highest BCUT2D eigenvalue weighted by Gasteiger charge is 2.52. The molecule has 2 heterocycles. The average Bonchev–Trinajstić information content (AvgIpc) is 3.61. The molecule has 0 bridgehead atoms. The molecule has 3 atom stereocenters. The van der Waals surface area contributed by atoms with E-state index in [1.165, 1.54) is 11.1 Å². The van der Waals surface area contributed by atoms with E-state index >= 15 is 0 Å². The summed E-state index contributed by atoms with van der Waals surface area (Å²) in [5, 5.41) is 3.27. The smallest absolute Gasteiger partial charge is 0.250 e. The van der Waals surface area contributed by atoms with Crippen LogP contribution < -0.4 is 10.2 Å². The number of nitrogens with zero attached hydrogens (tertiary/aromatic N) is 2. The Hall–Kier alpha value is -4.36. The van der Waals surface area contributed by atoms with Crippen LogP contribution in [-0.4, -0.2) is 48.6 Å². The molecule has 1 saturated carbocycles. The van der Waals surface area contributed by atoms with Crippen molar-refractivity contribution in [1.82, 2.24) is 4.90 Å². The van der Waals surface area contributed by atoms with Crippen molar-refractivity contribution in [3.63, 3.8) is 0 Å². The van der Waals surface area contributed by atoms with E-state index in [0.717, 1.165) is 62.5 Å². The number of hydrogen-bond acceptors (Lipinski definition) is 5. The molecular weight excluding hydrogens is 562 g/mol. The molecule has 0 spiro atoms.